The Labute approximate surface area is 144 Å². The van der Waals surface area contributed by atoms with E-state index in [0.29, 0.717) is 0 Å². The first-order chi connectivity index (χ1) is 10.7. The van der Waals surface area contributed by atoms with Crippen LogP contribution in [-0.2, 0) is 0 Å². The van der Waals surface area contributed by atoms with Crippen LogP contribution in [0.5, 0.6) is 0 Å². The van der Waals surface area contributed by atoms with Crippen LogP contribution in [0.1, 0.15) is 6.92 Å². The molecule has 3 aromatic carbocycles. The Hall–Kier alpha value is -1.05. The van der Waals surface area contributed by atoms with E-state index in [2.05, 4.69) is 118 Å². The number of hydrogen-bond acceptors (Lipinski definition) is 0. The maximum atomic E-state index is 2.85. The van der Waals surface area contributed by atoms with E-state index in [9.17, 15) is 0 Å². The number of rotatable bonds is 4. The normalized spacial score (nSPS) is 13.3. The van der Waals surface area contributed by atoms with E-state index < -0.39 is 9.10 Å². The van der Waals surface area contributed by atoms with Gasteiger partial charge in [-0.1, -0.05) is 0 Å². The first-order valence-corrected chi connectivity index (χ1v) is 17.5. The van der Waals surface area contributed by atoms with Crippen molar-refractivity contribution >= 4 is 42.3 Å². The maximum absolute atomic E-state index is 3.12. The summed E-state index contributed by atoms with van der Waals surface area (Å²) in [6.07, 6.45) is 0. The fourth-order valence-corrected chi connectivity index (χ4v) is 17.4. The van der Waals surface area contributed by atoms with Crippen LogP contribution in [0.3, 0.4) is 0 Å². The van der Waals surface area contributed by atoms with E-state index in [1.165, 1.54) is 13.1 Å². The molecule has 0 spiro atoms. The predicted octanol–water partition coefficient (Wildman–Crippen LogP) is 4.06. The first-order valence-electron chi connectivity index (χ1n) is 7.60. The minimum atomic E-state index is -3.12. The summed E-state index contributed by atoms with van der Waals surface area (Å²) < 4.78 is 4.50. The molecule has 0 heterocycles. The van der Waals surface area contributed by atoms with Gasteiger partial charge in [0.15, 0.2) is 0 Å². The van der Waals surface area contributed by atoms with Crippen LogP contribution in [0.4, 0.5) is 0 Å². The van der Waals surface area contributed by atoms with E-state index in [0.717, 1.165) is 5.21 Å². The van der Waals surface area contributed by atoms with Gasteiger partial charge >= 0.3 is 145 Å². The third-order valence-corrected chi connectivity index (χ3v) is 27.9. The second-order valence-corrected chi connectivity index (χ2v) is 26.1. The fourth-order valence-electron chi connectivity index (χ4n) is 3.21. The van der Waals surface area contributed by atoms with Gasteiger partial charge in [0.1, 0.15) is 0 Å². The van der Waals surface area contributed by atoms with Crippen LogP contribution in [0, 0.1) is 0 Å². The van der Waals surface area contributed by atoms with Crippen molar-refractivity contribution in [2.24, 2.45) is 0 Å². The molecule has 0 amide bonds. The number of hydrogen-bond donors (Lipinski definition) is 0. The van der Waals surface area contributed by atoms with Gasteiger partial charge in [-0.2, -0.15) is 0 Å². The first kappa shape index (κ1) is 15.8. The van der Waals surface area contributed by atoms with Crippen LogP contribution < -0.4 is 13.1 Å². The van der Waals surface area contributed by atoms with E-state index in [4.69, 9.17) is 0 Å². The molecule has 0 radical (unpaired) electrons. The quantitative estimate of drug-likeness (QED) is 0.406. The molecule has 0 fully saturated rings. The summed E-state index contributed by atoms with van der Waals surface area (Å²) in [4.78, 5) is 0. The Kier molecular flexibility index (Phi) is 4.47. The van der Waals surface area contributed by atoms with Gasteiger partial charge in [0.25, 0.3) is 0 Å². The molecule has 0 aliphatic carbocycles. The molecule has 0 bridgehead atoms. The molecule has 22 heavy (non-hydrogen) atoms. The van der Waals surface area contributed by atoms with Crippen LogP contribution in [0.15, 0.2) is 91.0 Å². The Morgan fingerprint density at radius 3 is 1.09 bits per heavy atom. The molecule has 0 aliphatic heterocycles. The number of halogens is 1. The van der Waals surface area contributed by atoms with E-state index >= 15 is 0 Å². The third-order valence-electron chi connectivity index (χ3n) is 4.48. The van der Waals surface area contributed by atoms with Crippen molar-refractivity contribution < 1.29 is 0 Å². The van der Waals surface area contributed by atoms with Gasteiger partial charge in [-0.05, 0) is 0 Å². The fraction of sp³-hybridized carbons (Fsp3) is 0.100. The average molecular weight is 462 g/mol. The molecule has 0 unspecified atom stereocenters. The average Bonchev–Trinajstić information content (AvgIpc) is 2.63. The minimum absolute atomic E-state index is 1.16. The van der Waals surface area contributed by atoms with Crippen LogP contribution in [-0.4, -0.2) is 9.10 Å². The zero-order valence-corrected chi connectivity index (χ0v) is 16.7. The van der Waals surface area contributed by atoms with Gasteiger partial charge < -0.3 is 0 Å². The van der Waals surface area contributed by atoms with Crippen molar-refractivity contribution in [2.45, 2.75) is 12.1 Å². The second kappa shape index (κ2) is 6.21. The van der Waals surface area contributed by atoms with Crippen molar-refractivity contribution in [3.05, 3.63) is 91.0 Å². The summed E-state index contributed by atoms with van der Waals surface area (Å²) in [7, 11) is -3.12. The molecule has 112 valence electrons. The summed E-state index contributed by atoms with van der Waals surface area (Å²) in [5.74, 6) is 0. The Morgan fingerprint density at radius 2 is 0.864 bits per heavy atom. The van der Waals surface area contributed by atoms with Crippen molar-refractivity contribution in [3.63, 3.8) is 0 Å². The monoisotopic (exact) mass is 462 g/mol. The molecule has 0 N–H and O–H groups in total. The van der Waals surface area contributed by atoms with Gasteiger partial charge in [0, 0.05) is 0 Å². The van der Waals surface area contributed by atoms with Crippen molar-refractivity contribution in [3.8, 4) is 0 Å². The zero-order valence-electron chi connectivity index (χ0n) is 12.7. The molecule has 3 rings (SSSR count). The molecule has 3 aromatic rings. The summed E-state index contributed by atoms with van der Waals surface area (Å²) in [6, 6.07) is 33.3. The summed E-state index contributed by atoms with van der Waals surface area (Å²) in [6.45, 7) is 2.35. The molecule has 0 atom stereocenters. The predicted molar refractivity (Wildman–Crippen MR) is 108 cm³/mol. The Bertz CT molecular complexity index is 639. The van der Waals surface area contributed by atoms with Crippen LogP contribution >= 0.6 is 20.1 Å². The molecule has 0 saturated carbocycles. The van der Waals surface area contributed by atoms with E-state index in [-0.39, 0.29) is 0 Å². The topological polar surface area (TPSA) is 0 Å². The van der Waals surface area contributed by atoms with E-state index in [1.54, 1.807) is 0 Å². The molecular formula is C20H20AsI. The van der Waals surface area contributed by atoms with Crippen molar-refractivity contribution in [1.82, 2.24) is 0 Å². The second-order valence-electron chi connectivity index (χ2n) is 5.51. The summed E-state index contributed by atoms with van der Waals surface area (Å²) in [5.41, 5.74) is 0. The Balaban J connectivity index is 2.41. The van der Waals surface area contributed by atoms with Gasteiger partial charge in [0.05, 0.1) is 0 Å². The number of benzene rings is 3. The van der Waals surface area contributed by atoms with Gasteiger partial charge in [-0.25, -0.2) is 0 Å². The Morgan fingerprint density at radius 1 is 0.591 bits per heavy atom. The van der Waals surface area contributed by atoms with Crippen LogP contribution in [0.25, 0.3) is 0 Å². The van der Waals surface area contributed by atoms with Gasteiger partial charge in [0.2, 0.25) is 0 Å². The van der Waals surface area contributed by atoms with E-state index in [1.807, 2.05) is 0 Å². The summed E-state index contributed by atoms with van der Waals surface area (Å²) in [5, 5.41) is 1.16. The SMILES string of the molecule is CC[As](I)(c1ccccc1)(c1ccccc1)c1ccccc1. The molecule has 0 nitrogen and oxygen atoms in total. The van der Waals surface area contributed by atoms with Crippen molar-refractivity contribution in [2.75, 3.05) is 0 Å². The summed E-state index contributed by atoms with van der Waals surface area (Å²) >= 11 is 2.85. The van der Waals surface area contributed by atoms with Gasteiger partial charge in [-0.3, -0.25) is 0 Å². The third kappa shape index (κ3) is 2.35. The van der Waals surface area contributed by atoms with Gasteiger partial charge in [-0.15, -0.1) is 0 Å². The zero-order chi connectivity index (χ0) is 15.5. The molecule has 2 heteroatoms. The van der Waals surface area contributed by atoms with Crippen molar-refractivity contribution in [1.29, 1.82) is 0 Å². The standard InChI is InChI=1S/C20H20AsI/c1-2-21(22,18-12-6-3-7-13-18,19-14-8-4-9-15-19)20-16-10-5-11-17-20/h3-17H,2H2,1H3. The van der Waals surface area contributed by atoms with Crippen LogP contribution in [0.2, 0.25) is 5.21 Å². The molecule has 0 aliphatic rings. The molecule has 0 aromatic heterocycles. The molecular weight excluding hydrogens is 442 g/mol. The molecule has 0 saturated heterocycles.